The summed E-state index contributed by atoms with van der Waals surface area (Å²) in [6.07, 6.45) is 2.84. The third kappa shape index (κ3) is 3.23. The predicted octanol–water partition coefficient (Wildman–Crippen LogP) is 3.21. The van der Waals surface area contributed by atoms with Crippen LogP contribution in [0.15, 0.2) is 35.1 Å². The molecule has 1 aromatic heterocycles. The number of fused-ring (bicyclic) bond motifs is 1. The zero-order chi connectivity index (χ0) is 18.3. The Morgan fingerprint density at radius 2 is 1.96 bits per heavy atom. The Hall–Kier alpha value is -3.00. The molecule has 5 nitrogen and oxygen atoms in total. The van der Waals surface area contributed by atoms with E-state index in [2.05, 4.69) is 22.1 Å². The van der Waals surface area contributed by atoms with Crippen LogP contribution >= 0.6 is 0 Å². The van der Waals surface area contributed by atoms with Gasteiger partial charge in [-0.3, -0.25) is 4.79 Å². The molecule has 132 valence electrons. The van der Waals surface area contributed by atoms with E-state index in [1.54, 1.807) is 11.9 Å². The van der Waals surface area contributed by atoms with E-state index in [-0.39, 0.29) is 17.6 Å². The lowest BCUT2D eigenvalue weighted by molar-refractivity contribution is 0.212. The molecule has 1 fully saturated rings. The van der Waals surface area contributed by atoms with Crippen LogP contribution in [-0.2, 0) is 6.42 Å². The molecule has 1 aliphatic carbocycles. The number of anilines is 1. The maximum Gasteiger partial charge on any atom is 0.322 e. The number of urea groups is 1. The highest BCUT2D eigenvalue weighted by Gasteiger charge is 2.29. The highest BCUT2D eigenvalue weighted by atomic mass is 16.2. The number of amides is 2. The van der Waals surface area contributed by atoms with Gasteiger partial charge in [0, 0.05) is 41.9 Å². The first-order chi connectivity index (χ1) is 12.5. The van der Waals surface area contributed by atoms with Crippen molar-refractivity contribution in [2.75, 3.05) is 12.4 Å². The second-order valence-electron chi connectivity index (χ2n) is 7.10. The highest BCUT2D eigenvalue weighted by molar-refractivity contribution is 5.93. The summed E-state index contributed by atoms with van der Waals surface area (Å²) in [6.45, 7) is 1.86. The number of carbonyl (C=O) groups excluding carboxylic acids is 1. The molecule has 26 heavy (non-hydrogen) atoms. The van der Waals surface area contributed by atoms with Gasteiger partial charge in [-0.15, -0.1) is 0 Å². The number of hydrogen-bond acceptors (Lipinski definition) is 2. The number of rotatable bonds is 2. The van der Waals surface area contributed by atoms with Gasteiger partial charge in [0.1, 0.15) is 6.04 Å². The van der Waals surface area contributed by atoms with Crippen LogP contribution in [0.3, 0.4) is 0 Å². The number of pyridine rings is 1. The zero-order valence-electron chi connectivity index (χ0n) is 14.9. The summed E-state index contributed by atoms with van der Waals surface area (Å²) < 4.78 is 0. The van der Waals surface area contributed by atoms with Crippen LogP contribution < -0.4 is 10.9 Å². The minimum atomic E-state index is -0.226. The fourth-order valence-corrected chi connectivity index (χ4v) is 3.15. The molecule has 1 atom stereocenters. The van der Waals surface area contributed by atoms with Gasteiger partial charge in [-0.2, -0.15) is 0 Å². The van der Waals surface area contributed by atoms with Gasteiger partial charge in [0.2, 0.25) is 0 Å². The fraction of sp³-hybridized carbons (Fsp3) is 0.333. The Morgan fingerprint density at radius 3 is 2.69 bits per heavy atom. The van der Waals surface area contributed by atoms with Gasteiger partial charge in [-0.1, -0.05) is 30.0 Å². The third-order valence-electron chi connectivity index (χ3n) is 4.89. The quantitative estimate of drug-likeness (QED) is 0.820. The largest absolute Gasteiger partial charge is 0.326 e. The molecule has 0 saturated heterocycles. The van der Waals surface area contributed by atoms with Gasteiger partial charge >= 0.3 is 6.03 Å². The van der Waals surface area contributed by atoms with E-state index in [4.69, 9.17) is 0 Å². The standard InChI is InChI=1S/C21H21N3O2/c1-13-3-8-16(20(25)22-13)11-15-6-9-17-18(12-15)23-21(26)24(2)19(17)10-7-14-4-5-14/h3,6,8-9,12,14,19H,4-5,11H2,1-2H3,(H,22,25)(H,23,26). The Labute approximate surface area is 152 Å². The van der Waals surface area contributed by atoms with E-state index in [0.717, 1.165) is 35.3 Å². The van der Waals surface area contributed by atoms with Crippen molar-refractivity contribution in [3.05, 3.63) is 63.1 Å². The van der Waals surface area contributed by atoms with Crippen LogP contribution in [0.1, 0.15) is 41.3 Å². The van der Waals surface area contributed by atoms with Crippen molar-refractivity contribution in [2.45, 2.75) is 32.2 Å². The third-order valence-corrected chi connectivity index (χ3v) is 4.89. The molecule has 1 unspecified atom stereocenters. The maximum absolute atomic E-state index is 12.3. The van der Waals surface area contributed by atoms with Crippen LogP contribution in [0.4, 0.5) is 10.5 Å². The molecule has 0 radical (unpaired) electrons. The Morgan fingerprint density at radius 1 is 1.15 bits per heavy atom. The van der Waals surface area contributed by atoms with Gasteiger partial charge in [0.05, 0.1) is 0 Å². The van der Waals surface area contributed by atoms with Crippen LogP contribution in [0.25, 0.3) is 0 Å². The van der Waals surface area contributed by atoms with E-state index in [9.17, 15) is 9.59 Å². The maximum atomic E-state index is 12.3. The van der Waals surface area contributed by atoms with Crippen molar-refractivity contribution in [3.8, 4) is 11.8 Å². The molecule has 0 spiro atoms. The van der Waals surface area contributed by atoms with Gasteiger partial charge < -0.3 is 15.2 Å². The minimum absolute atomic E-state index is 0.0698. The van der Waals surface area contributed by atoms with E-state index < -0.39 is 0 Å². The summed E-state index contributed by atoms with van der Waals surface area (Å²) >= 11 is 0. The van der Waals surface area contributed by atoms with Crippen LogP contribution in [0, 0.1) is 24.7 Å². The molecule has 2 amide bonds. The lowest BCUT2D eigenvalue weighted by Gasteiger charge is -2.32. The summed E-state index contributed by atoms with van der Waals surface area (Å²) in [5, 5.41) is 2.93. The highest BCUT2D eigenvalue weighted by Crippen LogP contribution is 2.34. The summed E-state index contributed by atoms with van der Waals surface area (Å²) in [5.41, 5.74) is 4.25. The van der Waals surface area contributed by atoms with Gasteiger partial charge in [-0.25, -0.2) is 4.79 Å². The van der Waals surface area contributed by atoms with Crippen LogP contribution in [0.5, 0.6) is 0 Å². The molecule has 1 aliphatic heterocycles. The molecule has 1 aromatic carbocycles. The number of benzene rings is 1. The van der Waals surface area contributed by atoms with Crippen molar-refractivity contribution in [3.63, 3.8) is 0 Å². The number of H-pyrrole nitrogens is 1. The molecular formula is C21H21N3O2. The number of aryl methyl sites for hydroxylation is 1. The Kier molecular flexibility index (Phi) is 4.04. The molecule has 2 aliphatic rings. The number of hydrogen-bond donors (Lipinski definition) is 2. The SMILES string of the molecule is Cc1ccc(Cc2ccc3c(c2)NC(=O)N(C)C3C#CC2CC2)c(=O)[nH]1. The van der Waals surface area contributed by atoms with Crippen molar-refractivity contribution >= 4 is 11.7 Å². The molecule has 4 rings (SSSR count). The van der Waals surface area contributed by atoms with Crippen LogP contribution in [0.2, 0.25) is 0 Å². The minimum Gasteiger partial charge on any atom is -0.326 e. The molecule has 1 saturated carbocycles. The average Bonchev–Trinajstić information content (AvgIpc) is 3.42. The molecule has 2 aromatic rings. The van der Waals surface area contributed by atoms with E-state index in [1.165, 1.54) is 0 Å². The first kappa shape index (κ1) is 16.5. The summed E-state index contributed by atoms with van der Waals surface area (Å²) in [4.78, 5) is 28.8. The predicted molar refractivity (Wildman–Crippen MR) is 101 cm³/mol. The summed E-state index contributed by atoms with van der Waals surface area (Å²) in [6, 6.07) is 9.34. The average molecular weight is 347 g/mol. The Bertz CT molecular complexity index is 992. The van der Waals surface area contributed by atoms with Crippen molar-refractivity contribution < 1.29 is 4.79 Å². The second-order valence-corrected chi connectivity index (χ2v) is 7.10. The van der Waals surface area contributed by atoms with Crippen molar-refractivity contribution in [2.24, 2.45) is 5.92 Å². The van der Waals surface area contributed by atoms with Crippen molar-refractivity contribution in [1.82, 2.24) is 9.88 Å². The summed E-state index contributed by atoms with van der Waals surface area (Å²) in [5.74, 6) is 7.02. The zero-order valence-corrected chi connectivity index (χ0v) is 14.9. The van der Waals surface area contributed by atoms with Gasteiger partial charge in [0.25, 0.3) is 5.56 Å². The molecular weight excluding hydrogens is 326 g/mol. The first-order valence-electron chi connectivity index (χ1n) is 8.88. The van der Waals surface area contributed by atoms with E-state index >= 15 is 0 Å². The first-order valence-corrected chi connectivity index (χ1v) is 8.88. The van der Waals surface area contributed by atoms with E-state index in [1.807, 2.05) is 37.3 Å². The topological polar surface area (TPSA) is 65.2 Å². The second kappa shape index (κ2) is 6.38. The van der Waals surface area contributed by atoms with Gasteiger partial charge in [0.15, 0.2) is 0 Å². The lowest BCUT2D eigenvalue weighted by Crippen LogP contribution is -2.39. The number of nitrogens with one attached hydrogen (secondary N) is 2. The monoisotopic (exact) mass is 347 g/mol. The molecule has 0 bridgehead atoms. The number of carbonyl (C=O) groups is 1. The van der Waals surface area contributed by atoms with Crippen molar-refractivity contribution in [1.29, 1.82) is 0 Å². The number of aromatic nitrogens is 1. The number of nitrogens with zero attached hydrogens (tertiary/aromatic N) is 1. The number of aromatic amines is 1. The molecule has 5 heteroatoms. The van der Waals surface area contributed by atoms with Crippen LogP contribution in [-0.4, -0.2) is 23.0 Å². The van der Waals surface area contributed by atoms with E-state index in [0.29, 0.717) is 17.9 Å². The smallest absolute Gasteiger partial charge is 0.322 e. The molecule has 2 heterocycles. The van der Waals surface area contributed by atoms with Gasteiger partial charge in [-0.05, 0) is 37.5 Å². The Balaban J connectivity index is 1.65. The lowest BCUT2D eigenvalue weighted by atomic mass is 9.97. The summed E-state index contributed by atoms with van der Waals surface area (Å²) in [7, 11) is 1.77. The molecule has 2 N–H and O–H groups in total. The fourth-order valence-electron chi connectivity index (χ4n) is 3.15. The normalized spacial score (nSPS) is 18.6.